The largest absolute Gasteiger partial charge is 0.385 e. The van der Waals surface area contributed by atoms with E-state index in [1.165, 1.54) is 0 Å². The highest BCUT2D eigenvalue weighted by atomic mass is 16.5. The molecule has 8 nitrogen and oxygen atoms in total. The summed E-state index contributed by atoms with van der Waals surface area (Å²) in [5.41, 5.74) is 8.18. The van der Waals surface area contributed by atoms with Gasteiger partial charge in [0.05, 0.1) is 6.61 Å². The van der Waals surface area contributed by atoms with Crippen LogP contribution >= 0.6 is 0 Å². The number of aromatic amines is 1. The van der Waals surface area contributed by atoms with Crippen LogP contribution in [-0.2, 0) is 19.7 Å². The van der Waals surface area contributed by atoms with Crippen LogP contribution < -0.4 is 16.0 Å². The highest BCUT2D eigenvalue weighted by molar-refractivity contribution is 6.04. The molecule has 0 radical (unpaired) electrons. The molecule has 2 amide bonds. The molecule has 32 heavy (non-hydrogen) atoms. The molecule has 0 spiro atoms. The predicted molar refractivity (Wildman–Crippen MR) is 125 cm³/mol. The lowest BCUT2D eigenvalue weighted by molar-refractivity contribution is -0.150. The molecule has 168 valence electrons. The van der Waals surface area contributed by atoms with Gasteiger partial charge in [-0.05, 0) is 41.3 Å². The number of nitrogen functional groups attached to an aromatic ring is 1. The Morgan fingerprint density at radius 3 is 2.66 bits per heavy atom. The molecule has 1 saturated heterocycles. The number of fused-ring (bicyclic) bond motifs is 1. The van der Waals surface area contributed by atoms with E-state index in [-0.39, 0.29) is 12.0 Å². The van der Waals surface area contributed by atoms with Crippen molar-refractivity contribution in [2.45, 2.75) is 38.4 Å². The first kappa shape index (κ1) is 21.9. The highest BCUT2D eigenvalue weighted by Gasteiger charge is 2.39. The summed E-state index contributed by atoms with van der Waals surface area (Å²) >= 11 is 0. The van der Waals surface area contributed by atoms with Gasteiger partial charge in [0.15, 0.2) is 12.2 Å². The molecule has 1 aliphatic rings. The van der Waals surface area contributed by atoms with Gasteiger partial charge in [0.25, 0.3) is 11.8 Å². The Bertz CT molecular complexity index is 1150. The standard InChI is InChI=1S/C24H28N4O4/c1-24(2,3)15-4-7-17(8-5-15)28-10-11-32-20(23(28)31)19(29)22(30)27-16-6-9-18-14(12-16)13-26-21(18)25/h4-9,12-13,19-20,26,29H,10-11,25H2,1-3H3,(H,27,30)/t19-,20-/m1/s1. The summed E-state index contributed by atoms with van der Waals surface area (Å²) < 4.78 is 5.49. The smallest absolute Gasteiger partial charge is 0.259 e. The van der Waals surface area contributed by atoms with E-state index in [0.717, 1.165) is 16.3 Å². The van der Waals surface area contributed by atoms with Crippen LogP contribution in [0.5, 0.6) is 0 Å². The first-order valence-electron chi connectivity index (χ1n) is 10.5. The molecular formula is C24H28N4O4. The number of aromatic nitrogens is 1. The number of benzene rings is 2. The first-order valence-corrected chi connectivity index (χ1v) is 10.5. The zero-order valence-corrected chi connectivity index (χ0v) is 18.4. The minimum atomic E-state index is -1.65. The van der Waals surface area contributed by atoms with E-state index in [0.29, 0.717) is 23.7 Å². The monoisotopic (exact) mass is 436 g/mol. The second-order valence-corrected chi connectivity index (χ2v) is 9.02. The van der Waals surface area contributed by atoms with Crippen molar-refractivity contribution in [3.8, 4) is 0 Å². The number of carbonyl (C=O) groups excluding carboxylic acids is 2. The number of aliphatic hydroxyl groups is 1. The number of anilines is 3. The van der Waals surface area contributed by atoms with Crippen LogP contribution in [0.2, 0.25) is 0 Å². The lowest BCUT2D eigenvalue weighted by Gasteiger charge is -2.34. The Kier molecular flexibility index (Phi) is 5.66. The Balaban J connectivity index is 1.47. The maximum atomic E-state index is 13.0. The average Bonchev–Trinajstić information content (AvgIpc) is 3.13. The quantitative estimate of drug-likeness (QED) is 0.501. The SMILES string of the molecule is CC(C)(C)c1ccc(N2CCO[C@H]([C@@H](O)C(=O)Nc3ccc4c(N)[nH]cc4c3)C2=O)cc1. The van der Waals surface area contributed by atoms with Gasteiger partial charge in [-0.3, -0.25) is 9.59 Å². The lowest BCUT2D eigenvalue weighted by Crippen LogP contribution is -2.55. The number of nitrogens with zero attached hydrogens (tertiary/aromatic N) is 1. The number of aliphatic hydroxyl groups excluding tert-OH is 1. The van der Waals surface area contributed by atoms with E-state index in [1.54, 1.807) is 29.3 Å². The molecule has 8 heteroatoms. The Hall–Kier alpha value is -3.36. The van der Waals surface area contributed by atoms with Gasteiger partial charge in [0, 0.05) is 34.9 Å². The number of rotatable bonds is 4. The fourth-order valence-corrected chi connectivity index (χ4v) is 3.82. The fraction of sp³-hybridized carbons (Fsp3) is 0.333. The molecular weight excluding hydrogens is 408 g/mol. The van der Waals surface area contributed by atoms with Crippen molar-refractivity contribution in [1.29, 1.82) is 0 Å². The van der Waals surface area contributed by atoms with Crippen LogP contribution in [-0.4, -0.2) is 47.3 Å². The van der Waals surface area contributed by atoms with Gasteiger partial charge >= 0.3 is 0 Å². The molecule has 1 fully saturated rings. The molecule has 2 atom stereocenters. The normalized spacial score (nSPS) is 18.1. The Morgan fingerprint density at radius 2 is 1.97 bits per heavy atom. The number of carbonyl (C=O) groups is 2. The number of hydrogen-bond acceptors (Lipinski definition) is 5. The number of amides is 2. The molecule has 4 rings (SSSR count). The summed E-state index contributed by atoms with van der Waals surface area (Å²) in [5.74, 6) is -0.623. The Morgan fingerprint density at radius 1 is 1.25 bits per heavy atom. The van der Waals surface area contributed by atoms with Crippen LogP contribution in [0.3, 0.4) is 0 Å². The molecule has 1 aromatic heterocycles. The van der Waals surface area contributed by atoms with Crippen molar-refractivity contribution < 1.29 is 19.4 Å². The molecule has 2 aromatic carbocycles. The minimum absolute atomic E-state index is 0.000498. The predicted octanol–water partition coefficient (Wildman–Crippen LogP) is 2.78. The van der Waals surface area contributed by atoms with Gasteiger partial charge in [-0.2, -0.15) is 0 Å². The third-order valence-corrected chi connectivity index (χ3v) is 5.71. The summed E-state index contributed by atoms with van der Waals surface area (Å²) in [6, 6.07) is 12.9. The van der Waals surface area contributed by atoms with Crippen molar-refractivity contribution >= 4 is 39.8 Å². The van der Waals surface area contributed by atoms with E-state index in [2.05, 4.69) is 31.1 Å². The topological polar surface area (TPSA) is 121 Å². The first-order chi connectivity index (χ1) is 15.1. The maximum Gasteiger partial charge on any atom is 0.259 e. The third-order valence-electron chi connectivity index (χ3n) is 5.71. The molecule has 0 saturated carbocycles. The van der Waals surface area contributed by atoms with Crippen molar-refractivity contribution in [2.24, 2.45) is 0 Å². The van der Waals surface area contributed by atoms with Gasteiger partial charge in [-0.15, -0.1) is 0 Å². The van der Waals surface area contributed by atoms with Gasteiger partial charge in [-0.1, -0.05) is 32.9 Å². The lowest BCUT2D eigenvalue weighted by atomic mass is 9.87. The minimum Gasteiger partial charge on any atom is -0.385 e. The molecule has 3 aromatic rings. The van der Waals surface area contributed by atoms with Gasteiger partial charge in [-0.25, -0.2) is 0 Å². The average molecular weight is 437 g/mol. The van der Waals surface area contributed by atoms with Crippen LogP contribution in [0.25, 0.3) is 10.8 Å². The van der Waals surface area contributed by atoms with E-state index >= 15 is 0 Å². The molecule has 5 N–H and O–H groups in total. The summed E-state index contributed by atoms with van der Waals surface area (Å²) in [4.78, 5) is 30.1. The summed E-state index contributed by atoms with van der Waals surface area (Å²) in [6.07, 6.45) is -1.20. The summed E-state index contributed by atoms with van der Waals surface area (Å²) in [6.45, 7) is 6.93. The zero-order chi connectivity index (χ0) is 23.0. The Labute approximate surface area is 186 Å². The number of ether oxygens (including phenoxy) is 1. The van der Waals surface area contributed by atoms with Crippen LogP contribution in [0.15, 0.2) is 48.7 Å². The molecule has 0 unspecified atom stereocenters. The van der Waals surface area contributed by atoms with Crippen LogP contribution in [0, 0.1) is 0 Å². The number of morpholine rings is 1. The van der Waals surface area contributed by atoms with E-state index in [9.17, 15) is 14.7 Å². The maximum absolute atomic E-state index is 13.0. The number of H-pyrrole nitrogens is 1. The molecule has 2 heterocycles. The van der Waals surface area contributed by atoms with E-state index in [4.69, 9.17) is 10.5 Å². The fourth-order valence-electron chi connectivity index (χ4n) is 3.82. The summed E-state index contributed by atoms with van der Waals surface area (Å²) in [5, 5.41) is 14.9. The highest BCUT2D eigenvalue weighted by Crippen LogP contribution is 2.27. The second-order valence-electron chi connectivity index (χ2n) is 9.02. The third kappa shape index (κ3) is 4.19. The van der Waals surface area contributed by atoms with Crippen LogP contribution in [0.1, 0.15) is 26.3 Å². The van der Waals surface area contributed by atoms with Gasteiger partial charge in [0.1, 0.15) is 5.82 Å². The zero-order valence-electron chi connectivity index (χ0n) is 18.4. The molecule has 0 bridgehead atoms. The van der Waals surface area contributed by atoms with Gasteiger partial charge < -0.3 is 30.8 Å². The van der Waals surface area contributed by atoms with E-state index in [1.807, 2.05) is 24.3 Å². The summed E-state index contributed by atoms with van der Waals surface area (Å²) in [7, 11) is 0. The number of nitrogens with one attached hydrogen (secondary N) is 2. The van der Waals surface area contributed by atoms with Crippen LogP contribution in [0.4, 0.5) is 17.2 Å². The molecule has 0 aliphatic carbocycles. The van der Waals surface area contributed by atoms with Crippen molar-refractivity contribution in [3.63, 3.8) is 0 Å². The molecule has 1 aliphatic heterocycles. The van der Waals surface area contributed by atoms with E-state index < -0.39 is 24.0 Å². The van der Waals surface area contributed by atoms with Crippen molar-refractivity contribution in [2.75, 3.05) is 29.1 Å². The van der Waals surface area contributed by atoms with Crippen molar-refractivity contribution in [1.82, 2.24) is 4.98 Å². The number of hydrogen-bond donors (Lipinski definition) is 4. The van der Waals surface area contributed by atoms with Gasteiger partial charge in [0.2, 0.25) is 0 Å². The number of nitrogens with two attached hydrogens (primary N) is 1. The van der Waals surface area contributed by atoms with Crippen molar-refractivity contribution in [3.05, 3.63) is 54.2 Å². The second kappa shape index (κ2) is 8.29.